The van der Waals surface area contributed by atoms with Crippen LogP contribution in [-0.2, 0) is 10.4 Å². The predicted molar refractivity (Wildman–Crippen MR) is 123 cm³/mol. The number of methoxy groups -OCH3 is 1. The van der Waals surface area contributed by atoms with Gasteiger partial charge in [0, 0.05) is 29.3 Å². The van der Waals surface area contributed by atoms with Gasteiger partial charge in [0.2, 0.25) is 0 Å². The fraction of sp³-hybridized carbons (Fsp3) is 0.391. The number of aryl methyl sites for hydroxylation is 1. The smallest absolute Gasteiger partial charge is 0.260 e. The normalized spacial score (nSPS) is 20.8. The van der Waals surface area contributed by atoms with Gasteiger partial charge in [0.05, 0.1) is 23.3 Å². The quantitative estimate of drug-likeness (QED) is 0.321. The van der Waals surface area contributed by atoms with Crippen molar-refractivity contribution >= 4 is 45.7 Å². The van der Waals surface area contributed by atoms with E-state index in [2.05, 4.69) is 9.97 Å². The monoisotopic (exact) mass is 469 g/mol. The molecule has 2 aliphatic rings. The molecule has 7 nitrogen and oxygen atoms in total. The van der Waals surface area contributed by atoms with Crippen molar-refractivity contribution in [3.63, 3.8) is 0 Å². The van der Waals surface area contributed by atoms with Crippen LogP contribution in [0.2, 0.25) is 0 Å². The Morgan fingerprint density at radius 2 is 2.12 bits per heavy atom. The molecule has 0 spiro atoms. The van der Waals surface area contributed by atoms with Crippen LogP contribution in [-0.4, -0.2) is 57.1 Å². The van der Waals surface area contributed by atoms with E-state index < -0.39 is 5.60 Å². The number of thiophene rings is 1. The van der Waals surface area contributed by atoms with Crippen LogP contribution in [0, 0.1) is 6.92 Å². The molecule has 166 valence electrons. The van der Waals surface area contributed by atoms with Crippen LogP contribution in [0.3, 0.4) is 0 Å². The van der Waals surface area contributed by atoms with Crippen molar-refractivity contribution in [2.45, 2.75) is 42.9 Å². The van der Waals surface area contributed by atoms with Crippen molar-refractivity contribution in [3.8, 4) is 5.75 Å². The first-order valence-corrected chi connectivity index (χ1v) is 12.3. The second-order valence-corrected chi connectivity index (χ2v) is 10.2. The highest BCUT2D eigenvalue weighted by molar-refractivity contribution is 8.00. The molecule has 1 atom stereocenters. The Bertz CT molecular complexity index is 1220. The van der Waals surface area contributed by atoms with Gasteiger partial charge in [-0.2, -0.15) is 0 Å². The lowest BCUT2D eigenvalue weighted by Gasteiger charge is -2.21. The Morgan fingerprint density at radius 1 is 1.31 bits per heavy atom. The number of likely N-dealkylation sites (tertiary alicyclic amines) is 1. The van der Waals surface area contributed by atoms with E-state index in [0.29, 0.717) is 34.3 Å². The Kier molecular flexibility index (Phi) is 5.43. The molecule has 0 radical (unpaired) electrons. The third-order valence-electron chi connectivity index (χ3n) is 5.92. The topological polar surface area (TPSA) is 92.6 Å². The summed E-state index contributed by atoms with van der Waals surface area (Å²) in [5, 5.41) is 12.6. The Morgan fingerprint density at radius 3 is 2.88 bits per heavy atom. The number of amides is 1. The molecule has 1 aliphatic carbocycles. The number of benzene rings is 1. The highest BCUT2D eigenvalue weighted by Crippen LogP contribution is 2.42. The minimum Gasteiger partial charge on any atom is -0.497 e. The zero-order valence-corrected chi connectivity index (χ0v) is 19.5. The third-order valence-corrected chi connectivity index (χ3v) is 8.19. The number of ether oxygens (including phenoxy) is 1. The van der Waals surface area contributed by atoms with Crippen molar-refractivity contribution in [2.24, 2.45) is 0 Å². The molecule has 1 aliphatic heterocycles. The van der Waals surface area contributed by atoms with E-state index in [0.717, 1.165) is 28.8 Å². The van der Waals surface area contributed by atoms with Gasteiger partial charge in [-0.1, -0.05) is 11.8 Å². The molecule has 1 N–H and O–H groups in total. The highest BCUT2D eigenvalue weighted by atomic mass is 32.2. The average molecular weight is 470 g/mol. The number of nitrogens with zero attached hydrogens (tertiary/aromatic N) is 3. The summed E-state index contributed by atoms with van der Waals surface area (Å²) < 4.78 is 5.31. The number of hydrogen-bond donors (Lipinski definition) is 1. The van der Waals surface area contributed by atoms with Crippen LogP contribution in [0.4, 0.5) is 0 Å². The molecule has 5 rings (SSSR count). The number of ketones is 1. The number of carbonyl (C=O) groups is 2. The summed E-state index contributed by atoms with van der Waals surface area (Å²) in [4.78, 5) is 37.5. The van der Waals surface area contributed by atoms with Gasteiger partial charge >= 0.3 is 0 Å². The van der Waals surface area contributed by atoms with E-state index in [1.807, 2.05) is 25.1 Å². The molecule has 0 bridgehead atoms. The number of aromatic nitrogens is 2. The van der Waals surface area contributed by atoms with Crippen LogP contribution in [0.5, 0.6) is 5.75 Å². The summed E-state index contributed by atoms with van der Waals surface area (Å²) in [6.45, 7) is 2.39. The van der Waals surface area contributed by atoms with Gasteiger partial charge in [-0.15, -0.1) is 11.3 Å². The summed E-state index contributed by atoms with van der Waals surface area (Å²) in [5.74, 6) is 1.25. The number of thioether (sulfide) groups is 1. The molecule has 1 amide bonds. The summed E-state index contributed by atoms with van der Waals surface area (Å²) in [6.07, 6.45) is 2.39. The minimum atomic E-state index is -1.50. The van der Waals surface area contributed by atoms with E-state index >= 15 is 0 Å². The zero-order chi connectivity index (χ0) is 22.5. The first-order chi connectivity index (χ1) is 15.4. The van der Waals surface area contributed by atoms with E-state index in [4.69, 9.17) is 4.74 Å². The standard InChI is InChI=1S/C23H23N3O4S2/c1-13-24-17-6-5-15(30-2)11-16(17)21(25-13)31-12-18(27)19-7-8-20(32-19)23(29)9-10-26(22(23)28)14-3-4-14/h5-8,11,14,29H,3-4,9-10,12H2,1-2H3/t23-/m0/s1. The Balaban J connectivity index is 1.33. The van der Waals surface area contributed by atoms with Gasteiger partial charge in [-0.25, -0.2) is 9.97 Å². The average Bonchev–Trinajstić information content (AvgIpc) is 3.41. The van der Waals surface area contributed by atoms with Gasteiger partial charge in [-0.05, 0) is 50.1 Å². The summed E-state index contributed by atoms with van der Waals surface area (Å²) in [6, 6.07) is 9.30. The number of fused-ring (bicyclic) bond motifs is 1. The van der Waals surface area contributed by atoms with Gasteiger partial charge in [0.15, 0.2) is 11.4 Å². The second-order valence-electron chi connectivity index (χ2n) is 8.17. The number of Topliss-reactive ketones (excluding diaryl/α,β-unsaturated/α-hetero) is 1. The SMILES string of the molecule is COc1ccc2nc(C)nc(SCC(=O)c3ccc([C@@]4(O)CCN(C5CC5)C4=O)s3)c2c1. The lowest BCUT2D eigenvalue weighted by molar-refractivity contribution is -0.144. The second kappa shape index (κ2) is 8.13. The largest absolute Gasteiger partial charge is 0.497 e. The Hall–Kier alpha value is -2.49. The first kappa shape index (κ1) is 21.4. The van der Waals surface area contributed by atoms with E-state index in [-0.39, 0.29) is 23.5 Å². The molecular formula is C23H23N3O4S2. The van der Waals surface area contributed by atoms with Crippen LogP contribution >= 0.6 is 23.1 Å². The van der Waals surface area contributed by atoms with E-state index in [9.17, 15) is 14.7 Å². The summed E-state index contributed by atoms with van der Waals surface area (Å²) in [7, 11) is 1.60. The molecule has 32 heavy (non-hydrogen) atoms. The highest BCUT2D eigenvalue weighted by Gasteiger charge is 2.51. The molecule has 1 saturated heterocycles. The maximum absolute atomic E-state index is 12.9. The fourth-order valence-electron chi connectivity index (χ4n) is 4.03. The lowest BCUT2D eigenvalue weighted by Crippen LogP contribution is -2.38. The van der Waals surface area contributed by atoms with Gasteiger partial charge in [0.1, 0.15) is 16.6 Å². The molecular weight excluding hydrogens is 446 g/mol. The molecule has 3 aromatic rings. The van der Waals surface area contributed by atoms with E-state index in [1.165, 1.54) is 23.1 Å². The Labute approximate surface area is 193 Å². The summed E-state index contributed by atoms with van der Waals surface area (Å²) >= 11 is 2.56. The van der Waals surface area contributed by atoms with Gasteiger partial charge in [0.25, 0.3) is 5.91 Å². The van der Waals surface area contributed by atoms with Crippen LogP contribution < -0.4 is 4.74 Å². The maximum atomic E-state index is 12.9. The van der Waals surface area contributed by atoms with Crippen molar-refractivity contribution < 1.29 is 19.4 Å². The fourth-order valence-corrected chi connectivity index (χ4v) is 6.12. The molecule has 0 unspecified atom stereocenters. The van der Waals surface area contributed by atoms with Gasteiger partial charge < -0.3 is 14.7 Å². The lowest BCUT2D eigenvalue weighted by atomic mass is 10.0. The maximum Gasteiger partial charge on any atom is 0.260 e. The van der Waals surface area contributed by atoms with Crippen molar-refractivity contribution in [1.82, 2.24) is 14.9 Å². The van der Waals surface area contributed by atoms with Crippen LogP contribution in [0.15, 0.2) is 35.4 Å². The minimum absolute atomic E-state index is 0.0633. The van der Waals surface area contributed by atoms with Crippen molar-refractivity contribution in [3.05, 3.63) is 45.9 Å². The van der Waals surface area contributed by atoms with Gasteiger partial charge in [-0.3, -0.25) is 9.59 Å². The molecule has 1 saturated carbocycles. The number of carbonyl (C=O) groups excluding carboxylic acids is 2. The van der Waals surface area contributed by atoms with E-state index in [1.54, 1.807) is 24.1 Å². The zero-order valence-electron chi connectivity index (χ0n) is 17.8. The molecule has 3 heterocycles. The first-order valence-electron chi connectivity index (χ1n) is 10.5. The number of hydrogen-bond acceptors (Lipinski definition) is 8. The van der Waals surface area contributed by atoms with Crippen LogP contribution in [0.1, 0.15) is 39.6 Å². The molecule has 2 fully saturated rings. The molecule has 9 heteroatoms. The third kappa shape index (κ3) is 3.78. The number of rotatable bonds is 7. The van der Waals surface area contributed by atoms with Crippen molar-refractivity contribution in [2.75, 3.05) is 19.4 Å². The predicted octanol–water partition coefficient (Wildman–Crippen LogP) is 3.57. The molecule has 1 aromatic carbocycles. The number of aliphatic hydroxyl groups is 1. The van der Waals surface area contributed by atoms with Crippen molar-refractivity contribution in [1.29, 1.82) is 0 Å². The van der Waals surface area contributed by atoms with Crippen LogP contribution in [0.25, 0.3) is 10.9 Å². The summed E-state index contributed by atoms with van der Waals surface area (Å²) in [5.41, 5.74) is -0.705. The molecule has 2 aromatic heterocycles.